The molecule has 5 nitrogen and oxygen atoms in total. The molecule has 0 aliphatic carbocycles. The van der Waals surface area contributed by atoms with Gasteiger partial charge in [0.2, 0.25) is 0 Å². The van der Waals surface area contributed by atoms with Gasteiger partial charge in [0.05, 0.1) is 12.0 Å². The minimum Gasteiger partial charge on any atom is -0.480 e. The zero-order chi connectivity index (χ0) is 12.8. The van der Waals surface area contributed by atoms with Crippen LogP contribution >= 0.6 is 0 Å². The zero-order valence-electron chi connectivity index (χ0n) is 10.7. The van der Waals surface area contributed by atoms with E-state index in [1.165, 1.54) is 0 Å². The van der Waals surface area contributed by atoms with E-state index in [-0.39, 0.29) is 5.92 Å². The molecule has 1 aromatic heterocycles. The molecular formula is C12H21N3O2. The summed E-state index contributed by atoms with van der Waals surface area (Å²) in [5.41, 5.74) is 1.03. The maximum atomic E-state index is 11.0. The third-order valence-corrected chi connectivity index (χ3v) is 2.70. The van der Waals surface area contributed by atoms with Gasteiger partial charge < -0.3 is 9.67 Å². The number of hydrogen-bond acceptors (Lipinski definition) is 3. The molecule has 1 aromatic rings. The molecule has 0 aliphatic heterocycles. The number of carbonyl (C=O) groups is 1. The lowest BCUT2D eigenvalue weighted by Crippen LogP contribution is -2.40. The molecule has 96 valence electrons. The first-order valence-electron chi connectivity index (χ1n) is 6.01. The summed E-state index contributed by atoms with van der Waals surface area (Å²) in [7, 11) is 0. The Morgan fingerprint density at radius 2 is 2.29 bits per heavy atom. The van der Waals surface area contributed by atoms with Crippen LogP contribution in [0.1, 0.15) is 32.9 Å². The van der Waals surface area contributed by atoms with Gasteiger partial charge in [-0.2, -0.15) is 0 Å². The van der Waals surface area contributed by atoms with Crippen molar-refractivity contribution in [3.8, 4) is 0 Å². The number of rotatable bonds is 7. The Morgan fingerprint density at radius 1 is 1.59 bits per heavy atom. The molecule has 0 aromatic carbocycles. The SMILES string of the molecule is CCCn1cncc1CNC(C(=O)O)C(C)C. The topological polar surface area (TPSA) is 67.2 Å². The second-order valence-electron chi connectivity index (χ2n) is 4.52. The summed E-state index contributed by atoms with van der Waals surface area (Å²) in [6, 6.07) is -0.514. The number of hydrogen-bond donors (Lipinski definition) is 2. The van der Waals surface area contributed by atoms with E-state index >= 15 is 0 Å². The molecule has 1 heterocycles. The molecule has 0 radical (unpaired) electrons. The molecule has 0 saturated heterocycles. The number of aromatic nitrogens is 2. The third-order valence-electron chi connectivity index (χ3n) is 2.70. The molecule has 1 unspecified atom stereocenters. The Kier molecular flexibility index (Phi) is 5.15. The van der Waals surface area contributed by atoms with Crippen LogP contribution in [0.15, 0.2) is 12.5 Å². The lowest BCUT2D eigenvalue weighted by Gasteiger charge is -2.18. The van der Waals surface area contributed by atoms with E-state index in [4.69, 9.17) is 5.11 Å². The van der Waals surface area contributed by atoms with Gasteiger partial charge in [-0.25, -0.2) is 4.98 Å². The van der Waals surface area contributed by atoms with Crippen molar-refractivity contribution < 1.29 is 9.90 Å². The molecule has 0 spiro atoms. The molecule has 0 saturated carbocycles. The first-order chi connectivity index (χ1) is 8.06. The molecule has 0 bridgehead atoms. The highest BCUT2D eigenvalue weighted by Gasteiger charge is 2.20. The van der Waals surface area contributed by atoms with Gasteiger partial charge in [0.25, 0.3) is 0 Å². The molecule has 1 rings (SSSR count). The number of carboxylic acids is 1. The van der Waals surface area contributed by atoms with Gasteiger partial charge in [-0.15, -0.1) is 0 Å². The largest absolute Gasteiger partial charge is 0.480 e. The van der Waals surface area contributed by atoms with Crippen molar-refractivity contribution in [2.45, 2.75) is 46.3 Å². The second-order valence-corrected chi connectivity index (χ2v) is 4.52. The summed E-state index contributed by atoms with van der Waals surface area (Å²) in [4.78, 5) is 15.1. The van der Waals surface area contributed by atoms with Crippen molar-refractivity contribution in [3.05, 3.63) is 18.2 Å². The number of nitrogens with zero attached hydrogens (tertiary/aromatic N) is 2. The van der Waals surface area contributed by atoms with Crippen molar-refractivity contribution >= 4 is 5.97 Å². The van der Waals surface area contributed by atoms with Crippen LogP contribution in [0.2, 0.25) is 0 Å². The average Bonchev–Trinajstić information content (AvgIpc) is 2.65. The van der Waals surface area contributed by atoms with Crippen LogP contribution in [0.3, 0.4) is 0 Å². The highest BCUT2D eigenvalue weighted by atomic mass is 16.4. The van der Waals surface area contributed by atoms with E-state index in [1.54, 1.807) is 12.5 Å². The molecule has 0 fully saturated rings. The van der Waals surface area contributed by atoms with Gasteiger partial charge >= 0.3 is 5.97 Å². The molecular weight excluding hydrogens is 218 g/mol. The smallest absolute Gasteiger partial charge is 0.320 e. The van der Waals surface area contributed by atoms with Gasteiger partial charge in [0.1, 0.15) is 6.04 Å². The van der Waals surface area contributed by atoms with Crippen LogP contribution in [0.5, 0.6) is 0 Å². The maximum absolute atomic E-state index is 11.0. The molecule has 17 heavy (non-hydrogen) atoms. The number of imidazole rings is 1. The zero-order valence-corrected chi connectivity index (χ0v) is 10.7. The lowest BCUT2D eigenvalue weighted by molar-refractivity contribution is -0.140. The van der Waals surface area contributed by atoms with Crippen LogP contribution in [-0.2, 0) is 17.9 Å². The third kappa shape index (κ3) is 3.85. The fourth-order valence-corrected chi connectivity index (χ4v) is 1.76. The van der Waals surface area contributed by atoms with Crippen LogP contribution in [0, 0.1) is 5.92 Å². The summed E-state index contributed by atoms with van der Waals surface area (Å²) < 4.78 is 2.05. The molecule has 5 heteroatoms. The standard InChI is InChI=1S/C12H21N3O2/c1-4-5-15-8-13-6-10(15)7-14-11(9(2)3)12(16)17/h6,8-9,11,14H,4-5,7H2,1-3H3,(H,16,17). The fourth-order valence-electron chi connectivity index (χ4n) is 1.76. The predicted octanol–water partition coefficient (Wildman–Crippen LogP) is 1.49. The Morgan fingerprint density at radius 3 is 2.82 bits per heavy atom. The first kappa shape index (κ1) is 13.7. The number of nitrogens with one attached hydrogen (secondary N) is 1. The Labute approximate surface area is 102 Å². The predicted molar refractivity (Wildman–Crippen MR) is 65.6 cm³/mol. The van der Waals surface area contributed by atoms with Gasteiger partial charge in [-0.1, -0.05) is 20.8 Å². The van der Waals surface area contributed by atoms with Crippen LogP contribution in [0.25, 0.3) is 0 Å². The van der Waals surface area contributed by atoms with Crippen LogP contribution in [-0.4, -0.2) is 26.7 Å². The Balaban J connectivity index is 2.59. The summed E-state index contributed by atoms with van der Waals surface area (Å²) in [5, 5.41) is 12.1. The van der Waals surface area contributed by atoms with Crippen molar-refractivity contribution in [3.63, 3.8) is 0 Å². The lowest BCUT2D eigenvalue weighted by atomic mass is 10.0. The Bertz CT molecular complexity index is 360. The van der Waals surface area contributed by atoms with E-state index in [0.29, 0.717) is 6.54 Å². The normalized spacial score (nSPS) is 12.9. The monoisotopic (exact) mass is 239 g/mol. The summed E-state index contributed by atoms with van der Waals surface area (Å²) in [6.45, 7) is 7.35. The van der Waals surface area contributed by atoms with Gasteiger partial charge in [0.15, 0.2) is 0 Å². The fraction of sp³-hybridized carbons (Fsp3) is 0.667. The van der Waals surface area contributed by atoms with Crippen molar-refractivity contribution in [2.75, 3.05) is 0 Å². The molecule has 0 amide bonds. The van der Waals surface area contributed by atoms with E-state index in [0.717, 1.165) is 18.7 Å². The van der Waals surface area contributed by atoms with E-state index in [1.807, 2.05) is 18.4 Å². The van der Waals surface area contributed by atoms with E-state index < -0.39 is 12.0 Å². The minimum absolute atomic E-state index is 0.0649. The van der Waals surface area contributed by atoms with E-state index in [2.05, 4.69) is 17.2 Å². The van der Waals surface area contributed by atoms with Crippen molar-refractivity contribution in [2.24, 2.45) is 5.92 Å². The van der Waals surface area contributed by atoms with Crippen LogP contribution < -0.4 is 5.32 Å². The minimum atomic E-state index is -0.804. The van der Waals surface area contributed by atoms with Gasteiger partial charge in [0, 0.05) is 19.3 Å². The highest BCUT2D eigenvalue weighted by Crippen LogP contribution is 2.05. The summed E-state index contributed by atoms with van der Waals surface area (Å²) >= 11 is 0. The van der Waals surface area contributed by atoms with Crippen LogP contribution in [0.4, 0.5) is 0 Å². The molecule has 2 N–H and O–H groups in total. The number of aliphatic carboxylic acids is 1. The first-order valence-corrected chi connectivity index (χ1v) is 6.01. The number of carboxylic acid groups (broad SMARTS) is 1. The average molecular weight is 239 g/mol. The Hall–Kier alpha value is -1.36. The molecule has 1 atom stereocenters. The van der Waals surface area contributed by atoms with Gasteiger partial charge in [-0.05, 0) is 12.3 Å². The summed E-state index contributed by atoms with van der Waals surface area (Å²) in [6.07, 6.45) is 4.60. The maximum Gasteiger partial charge on any atom is 0.320 e. The number of aryl methyl sites for hydroxylation is 1. The summed E-state index contributed by atoms with van der Waals surface area (Å²) in [5.74, 6) is -0.739. The van der Waals surface area contributed by atoms with E-state index in [9.17, 15) is 4.79 Å². The second kappa shape index (κ2) is 6.39. The van der Waals surface area contributed by atoms with Gasteiger partial charge in [-0.3, -0.25) is 10.1 Å². The van der Waals surface area contributed by atoms with Crippen molar-refractivity contribution in [1.29, 1.82) is 0 Å². The molecule has 0 aliphatic rings. The highest BCUT2D eigenvalue weighted by molar-refractivity contribution is 5.73. The van der Waals surface area contributed by atoms with Crippen molar-refractivity contribution in [1.82, 2.24) is 14.9 Å². The quantitative estimate of drug-likeness (QED) is 0.756.